The number of ether oxygens (including phenoxy) is 2. The number of carbonyl (C=O) groups excluding carboxylic acids is 2. The van der Waals surface area contributed by atoms with Crippen LogP contribution in [0.4, 0.5) is 9.59 Å². The molecule has 1 aliphatic heterocycles. The highest BCUT2D eigenvalue weighted by atomic mass is 32.3. The number of piperazine rings is 1. The molecule has 1 saturated heterocycles. The molecular weight excluding hydrogens is 587 g/mol. The van der Waals surface area contributed by atoms with E-state index in [1.165, 1.54) is 4.31 Å². The Bertz CT molecular complexity index is 1350. The molecule has 2 unspecified atom stereocenters. The average molecular weight is 632 g/mol. The summed E-state index contributed by atoms with van der Waals surface area (Å²) in [7, 11) is -4.54. The predicted octanol–water partition coefficient (Wildman–Crippen LogP) is 5.23. The quantitative estimate of drug-likeness (QED) is 0.341. The van der Waals surface area contributed by atoms with Crippen molar-refractivity contribution in [3.05, 3.63) is 78.4 Å². The van der Waals surface area contributed by atoms with Crippen LogP contribution in [0, 0.1) is 5.92 Å². The lowest BCUT2D eigenvalue weighted by molar-refractivity contribution is 0.0674. The molecule has 0 aromatic heterocycles. The smallest absolute Gasteiger partial charge is 0.410 e. The van der Waals surface area contributed by atoms with Gasteiger partial charge in [-0.15, -0.1) is 0 Å². The van der Waals surface area contributed by atoms with E-state index in [1.54, 1.807) is 35.2 Å². The normalized spacial score (nSPS) is 21.8. The van der Waals surface area contributed by atoms with E-state index in [2.05, 4.69) is 30.7 Å². The zero-order valence-corrected chi connectivity index (χ0v) is 27.1. The van der Waals surface area contributed by atoms with Gasteiger partial charge >= 0.3 is 12.2 Å². The Hall–Kier alpha value is -3.02. The Morgan fingerprint density at radius 2 is 1.60 bits per heavy atom. The van der Waals surface area contributed by atoms with Gasteiger partial charge in [-0.05, 0) is 68.1 Å². The summed E-state index contributed by atoms with van der Waals surface area (Å²) in [6, 6.07) is 17.3. The first-order chi connectivity index (χ1) is 20.4. The van der Waals surface area contributed by atoms with Crippen LogP contribution in [0.15, 0.2) is 77.7 Å². The molecule has 1 saturated carbocycles. The first-order valence-electron chi connectivity index (χ1n) is 14.7. The lowest BCUT2D eigenvalue weighted by atomic mass is 9.94. The van der Waals surface area contributed by atoms with Gasteiger partial charge in [0.25, 0.3) is 0 Å². The van der Waals surface area contributed by atoms with Crippen LogP contribution in [0.1, 0.15) is 31.2 Å². The number of nitrogens with zero attached hydrogens (tertiary/aromatic N) is 2. The largest absolute Gasteiger partial charge is 0.449 e. The molecule has 236 valence electrons. The summed E-state index contributed by atoms with van der Waals surface area (Å²) in [6.45, 7) is 5.33. The van der Waals surface area contributed by atoms with Crippen molar-refractivity contribution in [1.29, 1.82) is 0 Å². The van der Waals surface area contributed by atoms with Gasteiger partial charge in [-0.3, -0.25) is 0 Å². The van der Waals surface area contributed by atoms with Crippen molar-refractivity contribution in [2.75, 3.05) is 50.8 Å². The Labute approximate surface area is 258 Å². The van der Waals surface area contributed by atoms with E-state index in [1.807, 2.05) is 30.3 Å². The lowest BCUT2D eigenvalue weighted by Gasteiger charge is -2.40. The Morgan fingerprint density at radius 3 is 2.28 bits per heavy atom. The van der Waals surface area contributed by atoms with Crippen LogP contribution in [0.5, 0.6) is 0 Å². The summed E-state index contributed by atoms with van der Waals surface area (Å²) in [6.07, 6.45) is 8.26. The molecule has 1 N–H and O–H groups in total. The van der Waals surface area contributed by atoms with Gasteiger partial charge in [0.15, 0.2) is 0 Å². The minimum Gasteiger partial charge on any atom is -0.449 e. The highest BCUT2D eigenvalue weighted by molar-refractivity contribution is 8.32. The van der Waals surface area contributed by atoms with E-state index >= 15 is 0 Å². The van der Waals surface area contributed by atoms with Gasteiger partial charge in [0.05, 0.1) is 4.90 Å². The van der Waals surface area contributed by atoms with E-state index in [-0.39, 0.29) is 43.1 Å². The van der Waals surface area contributed by atoms with Crippen molar-refractivity contribution in [2.24, 2.45) is 5.92 Å². The van der Waals surface area contributed by atoms with Gasteiger partial charge in [-0.25, -0.2) is 28.0 Å². The highest BCUT2D eigenvalue weighted by Gasteiger charge is 2.39. The van der Waals surface area contributed by atoms with Crippen LogP contribution >= 0.6 is 10.0 Å². The summed E-state index contributed by atoms with van der Waals surface area (Å²) >= 11 is 0. The number of nitrogens with one attached hydrogen (secondary N) is 1. The van der Waals surface area contributed by atoms with E-state index in [0.717, 1.165) is 23.3 Å². The summed E-state index contributed by atoms with van der Waals surface area (Å²) in [5.74, 6) is 0.939. The third kappa shape index (κ3) is 9.48. The van der Waals surface area contributed by atoms with Gasteiger partial charge < -0.3 is 19.7 Å². The predicted molar refractivity (Wildman–Crippen MR) is 172 cm³/mol. The van der Waals surface area contributed by atoms with Crippen molar-refractivity contribution in [1.82, 2.24) is 14.5 Å². The maximum absolute atomic E-state index is 13.7. The molecule has 4 rings (SSSR count). The fourth-order valence-corrected chi connectivity index (χ4v) is 7.87. The third-order valence-corrected chi connectivity index (χ3v) is 11.3. The Morgan fingerprint density at radius 1 is 0.930 bits per heavy atom. The van der Waals surface area contributed by atoms with Gasteiger partial charge in [0, 0.05) is 37.5 Å². The number of rotatable bonds is 11. The van der Waals surface area contributed by atoms with Crippen molar-refractivity contribution in [3.63, 3.8) is 0 Å². The first kappa shape index (κ1) is 32.9. The van der Waals surface area contributed by atoms with Crippen LogP contribution < -0.4 is 5.32 Å². The molecule has 2 aromatic rings. The minimum absolute atomic E-state index is 0.0926. The van der Waals surface area contributed by atoms with Gasteiger partial charge in [-0.2, -0.15) is 4.31 Å². The molecule has 2 fully saturated rings. The van der Waals surface area contributed by atoms with Crippen LogP contribution in [0.3, 0.4) is 0 Å². The molecule has 0 bridgehead atoms. The fraction of sp³-hybridized carbons (Fsp3) is 0.500. The summed E-state index contributed by atoms with van der Waals surface area (Å²) < 4.78 is 40.0. The maximum Gasteiger partial charge on any atom is 0.410 e. The first-order valence-corrected chi connectivity index (χ1v) is 19.2. The monoisotopic (exact) mass is 631 g/mol. The third-order valence-electron chi connectivity index (χ3n) is 7.97. The molecule has 2 aliphatic rings. The van der Waals surface area contributed by atoms with Crippen molar-refractivity contribution >= 4 is 32.2 Å². The van der Waals surface area contributed by atoms with Crippen molar-refractivity contribution in [3.8, 4) is 0 Å². The van der Waals surface area contributed by atoms with Crippen LogP contribution in [-0.2, 0) is 26.1 Å². The SMILES string of the molecule is C=C1CC(CC[C@H]2CN(C(=O)OCc3ccccc3)CCN2S(=O)(=O)c2ccccc2)C(NC(=O)OCCS(C)(C)C)C1. The number of alkyl carbamates (subject to hydrolysis) is 1. The molecule has 2 amide bonds. The number of sulfonamides is 1. The second-order valence-electron chi connectivity index (χ2n) is 12.2. The maximum atomic E-state index is 13.7. The van der Waals surface area contributed by atoms with E-state index < -0.39 is 38.3 Å². The molecule has 1 heterocycles. The molecule has 2 aromatic carbocycles. The zero-order chi connectivity index (χ0) is 31.0. The van der Waals surface area contributed by atoms with E-state index in [9.17, 15) is 18.0 Å². The molecule has 43 heavy (non-hydrogen) atoms. The van der Waals surface area contributed by atoms with Gasteiger partial charge in [-0.1, -0.05) is 60.7 Å². The second kappa shape index (κ2) is 14.6. The second-order valence-corrected chi connectivity index (χ2v) is 18.7. The number of hydrogen-bond donors (Lipinski definition) is 1. The molecular formula is C32H45N3O6S2. The van der Waals surface area contributed by atoms with Crippen LogP contribution in [0.2, 0.25) is 0 Å². The number of carbonyl (C=O) groups is 2. The molecule has 0 radical (unpaired) electrons. The Balaban J connectivity index is 1.43. The summed E-state index contributed by atoms with van der Waals surface area (Å²) in [5, 5.41) is 3.03. The van der Waals surface area contributed by atoms with Gasteiger partial charge in [0.2, 0.25) is 10.0 Å². The van der Waals surface area contributed by atoms with E-state index in [0.29, 0.717) is 25.9 Å². The average Bonchev–Trinajstić information content (AvgIpc) is 3.33. The molecule has 9 nitrogen and oxygen atoms in total. The molecule has 11 heteroatoms. The van der Waals surface area contributed by atoms with Crippen LogP contribution in [0.25, 0.3) is 0 Å². The minimum atomic E-state index is -3.78. The standard InChI is InChI=1S/C32H45N3O6S2/c1-25-21-27(30(22-25)33-31(36)40-19-20-42(2,3)4)15-16-28-23-34(32(37)41-24-26-11-7-5-8-12-26)17-18-35(28)43(38,39)29-13-9-6-10-14-29/h5-14,27-28,30H,1,15-24H2,2-4H3,(H,33,36)/t27?,28-,30?/m0/s1. The fourth-order valence-electron chi connectivity index (χ4n) is 5.62. The number of hydrogen-bond acceptors (Lipinski definition) is 6. The number of benzene rings is 2. The topological polar surface area (TPSA) is 105 Å². The lowest BCUT2D eigenvalue weighted by Crippen LogP contribution is -2.56. The van der Waals surface area contributed by atoms with Crippen molar-refractivity contribution < 1.29 is 27.5 Å². The number of amides is 2. The van der Waals surface area contributed by atoms with Crippen LogP contribution in [-0.4, -0.2) is 92.7 Å². The zero-order valence-electron chi connectivity index (χ0n) is 25.4. The highest BCUT2D eigenvalue weighted by Crippen LogP contribution is 2.36. The Kier molecular flexibility index (Phi) is 11.2. The van der Waals surface area contributed by atoms with Crippen molar-refractivity contribution in [2.45, 2.75) is 49.3 Å². The van der Waals surface area contributed by atoms with E-state index in [4.69, 9.17) is 9.47 Å². The van der Waals surface area contributed by atoms with Gasteiger partial charge in [0.1, 0.15) is 13.2 Å². The summed E-state index contributed by atoms with van der Waals surface area (Å²) in [5.41, 5.74) is 1.94. The summed E-state index contributed by atoms with van der Waals surface area (Å²) in [4.78, 5) is 27.4. The molecule has 1 aliphatic carbocycles. The molecule has 0 spiro atoms. The molecule has 3 atom stereocenters.